The van der Waals surface area contributed by atoms with Crippen LogP contribution in [0.1, 0.15) is 34.8 Å². The second-order valence-corrected chi connectivity index (χ2v) is 5.50. The largest absolute Gasteiger partial charge is 0.477 e. The predicted molar refractivity (Wildman–Crippen MR) is 80.9 cm³/mol. The van der Waals surface area contributed by atoms with Crippen molar-refractivity contribution in [1.82, 2.24) is 14.5 Å². The number of hydrogen-bond donors (Lipinski definition) is 1. The highest BCUT2D eigenvalue weighted by molar-refractivity contribution is 5.85. The highest BCUT2D eigenvalue weighted by atomic mass is 16.6. The molecule has 2 heterocycles. The van der Waals surface area contributed by atoms with Crippen LogP contribution in [-0.4, -0.2) is 38.2 Å². The highest BCUT2D eigenvalue weighted by Crippen LogP contribution is 2.23. The molecule has 1 aliphatic rings. The first-order chi connectivity index (χ1) is 11.1. The normalized spacial score (nSPS) is 16.7. The summed E-state index contributed by atoms with van der Waals surface area (Å²) in [6, 6.07) is 9.27. The summed E-state index contributed by atoms with van der Waals surface area (Å²) in [6.45, 7) is 2.69. The van der Waals surface area contributed by atoms with Crippen LogP contribution in [0.2, 0.25) is 0 Å². The highest BCUT2D eigenvalue weighted by Gasteiger charge is 2.30. The molecule has 23 heavy (non-hydrogen) atoms. The number of carbonyl (C=O) groups is 2. The Morgan fingerprint density at radius 3 is 2.78 bits per heavy atom. The minimum Gasteiger partial charge on any atom is -0.477 e. The Hall–Kier alpha value is -2.83. The molecule has 0 aliphatic carbocycles. The number of aromatic nitrogens is 2. The Morgan fingerprint density at radius 1 is 1.35 bits per heavy atom. The molecule has 1 aromatic carbocycles. The SMILES string of the molecule is C[C@@H]1CN(C(=O)OCc2ccccc2)Cc2ncc(C(=O)O)n21. The molecule has 1 amide bonds. The van der Waals surface area contributed by atoms with Gasteiger partial charge in [0.15, 0.2) is 0 Å². The molecule has 0 saturated carbocycles. The minimum absolute atomic E-state index is 0.143. The van der Waals surface area contributed by atoms with Crippen molar-refractivity contribution in [3.05, 3.63) is 53.6 Å². The van der Waals surface area contributed by atoms with E-state index in [0.29, 0.717) is 12.4 Å². The zero-order chi connectivity index (χ0) is 16.4. The Labute approximate surface area is 133 Å². The lowest BCUT2D eigenvalue weighted by molar-refractivity contribution is 0.0666. The zero-order valence-corrected chi connectivity index (χ0v) is 12.7. The minimum atomic E-state index is -1.02. The van der Waals surface area contributed by atoms with E-state index in [2.05, 4.69) is 4.98 Å². The van der Waals surface area contributed by atoms with Gasteiger partial charge in [-0.25, -0.2) is 14.6 Å². The Balaban J connectivity index is 1.68. The van der Waals surface area contributed by atoms with Crippen LogP contribution in [0, 0.1) is 0 Å². The van der Waals surface area contributed by atoms with E-state index in [1.165, 1.54) is 6.20 Å². The number of hydrogen-bond acceptors (Lipinski definition) is 4. The Bertz CT molecular complexity index is 726. The number of benzene rings is 1. The van der Waals surface area contributed by atoms with Crippen LogP contribution in [0.3, 0.4) is 0 Å². The molecule has 0 unspecified atom stereocenters. The smallest absolute Gasteiger partial charge is 0.410 e. The lowest BCUT2D eigenvalue weighted by atomic mass is 10.2. The first-order valence-corrected chi connectivity index (χ1v) is 7.31. The topological polar surface area (TPSA) is 84.7 Å². The zero-order valence-electron chi connectivity index (χ0n) is 12.7. The van der Waals surface area contributed by atoms with Gasteiger partial charge in [0, 0.05) is 6.54 Å². The van der Waals surface area contributed by atoms with Gasteiger partial charge in [-0.05, 0) is 12.5 Å². The molecule has 1 N–H and O–H groups in total. The average Bonchev–Trinajstić information content (AvgIpc) is 2.98. The Morgan fingerprint density at radius 2 is 2.09 bits per heavy atom. The molecule has 0 bridgehead atoms. The summed E-state index contributed by atoms with van der Waals surface area (Å²) in [5, 5.41) is 9.17. The van der Waals surface area contributed by atoms with Crippen LogP contribution in [-0.2, 0) is 17.9 Å². The molecule has 0 radical (unpaired) electrons. The maximum atomic E-state index is 12.2. The number of ether oxygens (including phenoxy) is 1. The molecule has 7 nitrogen and oxygen atoms in total. The monoisotopic (exact) mass is 315 g/mol. The third kappa shape index (κ3) is 3.03. The number of carboxylic acid groups (broad SMARTS) is 1. The van der Waals surface area contributed by atoms with Crippen LogP contribution in [0.25, 0.3) is 0 Å². The summed E-state index contributed by atoms with van der Waals surface area (Å²) >= 11 is 0. The fourth-order valence-electron chi connectivity index (χ4n) is 2.75. The number of imidazole rings is 1. The van der Waals surface area contributed by atoms with E-state index in [1.807, 2.05) is 37.3 Å². The van der Waals surface area contributed by atoms with Gasteiger partial charge in [0.25, 0.3) is 0 Å². The molecule has 1 atom stereocenters. The van der Waals surface area contributed by atoms with E-state index < -0.39 is 12.1 Å². The van der Waals surface area contributed by atoms with Gasteiger partial charge < -0.3 is 14.4 Å². The second-order valence-electron chi connectivity index (χ2n) is 5.50. The molecule has 1 aromatic heterocycles. The van der Waals surface area contributed by atoms with Crippen molar-refractivity contribution in [2.75, 3.05) is 6.54 Å². The van der Waals surface area contributed by atoms with Gasteiger partial charge in [0.1, 0.15) is 18.1 Å². The van der Waals surface area contributed by atoms with Crippen LogP contribution >= 0.6 is 0 Å². The van der Waals surface area contributed by atoms with Gasteiger partial charge in [0.2, 0.25) is 0 Å². The molecule has 0 fully saturated rings. The summed E-state index contributed by atoms with van der Waals surface area (Å²) in [5.41, 5.74) is 1.06. The van der Waals surface area contributed by atoms with Crippen LogP contribution in [0.4, 0.5) is 4.79 Å². The first kappa shape index (κ1) is 15.1. The average molecular weight is 315 g/mol. The summed E-state index contributed by atoms with van der Waals surface area (Å²) in [5.74, 6) is -0.464. The quantitative estimate of drug-likeness (QED) is 0.939. The third-order valence-electron chi connectivity index (χ3n) is 3.81. The van der Waals surface area contributed by atoms with Crippen molar-refractivity contribution in [1.29, 1.82) is 0 Å². The maximum absolute atomic E-state index is 12.2. The van der Waals surface area contributed by atoms with E-state index in [9.17, 15) is 9.59 Å². The maximum Gasteiger partial charge on any atom is 0.410 e. The molecule has 0 spiro atoms. The molecule has 0 saturated heterocycles. The molecule has 7 heteroatoms. The molecule has 1 aliphatic heterocycles. The molecular formula is C16H17N3O4. The number of carboxylic acids is 1. The standard InChI is InChI=1S/C16H17N3O4/c1-11-8-18(9-14-17-7-13(15(20)21)19(11)14)16(22)23-10-12-5-3-2-4-6-12/h2-7,11H,8-10H2,1H3,(H,20,21)/t11-/m1/s1. The molecular weight excluding hydrogens is 298 g/mol. The third-order valence-corrected chi connectivity index (χ3v) is 3.81. The van der Waals surface area contributed by atoms with Crippen LogP contribution in [0.5, 0.6) is 0 Å². The molecule has 3 rings (SSSR count). The van der Waals surface area contributed by atoms with Crippen molar-refractivity contribution in [2.24, 2.45) is 0 Å². The number of rotatable bonds is 3. The first-order valence-electron chi connectivity index (χ1n) is 7.31. The van der Waals surface area contributed by atoms with Crippen molar-refractivity contribution < 1.29 is 19.4 Å². The summed E-state index contributed by atoms with van der Waals surface area (Å²) in [6.07, 6.45) is 0.902. The Kier molecular flexibility index (Phi) is 4.01. The summed E-state index contributed by atoms with van der Waals surface area (Å²) in [4.78, 5) is 29.1. The molecule has 2 aromatic rings. The lowest BCUT2D eigenvalue weighted by Gasteiger charge is -2.32. The second kappa shape index (κ2) is 6.12. The van der Waals surface area contributed by atoms with Crippen molar-refractivity contribution >= 4 is 12.1 Å². The van der Waals surface area contributed by atoms with Crippen LogP contribution in [0.15, 0.2) is 36.5 Å². The fraction of sp³-hybridized carbons (Fsp3) is 0.312. The van der Waals surface area contributed by atoms with E-state index >= 15 is 0 Å². The van der Waals surface area contributed by atoms with Crippen molar-refractivity contribution in [3.8, 4) is 0 Å². The van der Waals surface area contributed by atoms with Crippen molar-refractivity contribution in [3.63, 3.8) is 0 Å². The number of nitrogens with zero attached hydrogens (tertiary/aromatic N) is 3. The van der Waals surface area contributed by atoms with E-state index in [-0.39, 0.29) is 24.9 Å². The van der Waals surface area contributed by atoms with Gasteiger partial charge in [-0.1, -0.05) is 30.3 Å². The lowest BCUT2D eigenvalue weighted by Crippen LogP contribution is -2.41. The number of aromatic carboxylic acids is 1. The van der Waals surface area contributed by atoms with Gasteiger partial charge in [-0.2, -0.15) is 0 Å². The van der Waals surface area contributed by atoms with Gasteiger partial charge in [-0.3, -0.25) is 4.90 Å². The van der Waals surface area contributed by atoms with E-state index in [1.54, 1.807) is 9.47 Å². The van der Waals surface area contributed by atoms with Gasteiger partial charge in [-0.15, -0.1) is 0 Å². The predicted octanol–water partition coefficient (Wildman–Crippen LogP) is 2.29. The molecule has 120 valence electrons. The fourth-order valence-corrected chi connectivity index (χ4v) is 2.75. The van der Waals surface area contributed by atoms with E-state index in [4.69, 9.17) is 9.84 Å². The summed E-state index contributed by atoms with van der Waals surface area (Å²) in [7, 11) is 0. The number of fused-ring (bicyclic) bond motifs is 1. The van der Waals surface area contributed by atoms with Crippen molar-refractivity contribution in [2.45, 2.75) is 26.1 Å². The number of amides is 1. The van der Waals surface area contributed by atoms with E-state index in [0.717, 1.165) is 5.56 Å². The van der Waals surface area contributed by atoms with Gasteiger partial charge in [0.05, 0.1) is 18.8 Å². The van der Waals surface area contributed by atoms with Crippen LogP contribution < -0.4 is 0 Å². The summed E-state index contributed by atoms with van der Waals surface area (Å²) < 4.78 is 6.97. The van der Waals surface area contributed by atoms with Gasteiger partial charge >= 0.3 is 12.1 Å². The number of carbonyl (C=O) groups excluding carboxylic acids is 1.